The summed E-state index contributed by atoms with van der Waals surface area (Å²) in [4.78, 5) is 14.1. The molecule has 2 heteroatoms. The summed E-state index contributed by atoms with van der Waals surface area (Å²) in [5.74, 6) is 0.606. The highest BCUT2D eigenvalue weighted by atomic mass is 16.2. The van der Waals surface area contributed by atoms with E-state index in [2.05, 4.69) is 38.1 Å². The minimum atomic E-state index is 0.0722. The van der Waals surface area contributed by atoms with Crippen molar-refractivity contribution in [2.75, 3.05) is 0 Å². The number of carbonyl (C=O) groups is 1. The summed E-state index contributed by atoms with van der Waals surface area (Å²) in [7, 11) is 0. The van der Waals surface area contributed by atoms with Crippen molar-refractivity contribution in [1.82, 2.24) is 4.90 Å². The van der Waals surface area contributed by atoms with Crippen LogP contribution >= 0.6 is 0 Å². The van der Waals surface area contributed by atoms with Gasteiger partial charge in [0.25, 0.3) is 0 Å². The fourth-order valence-electron chi connectivity index (χ4n) is 2.35. The maximum Gasteiger partial charge on any atom is 0.247 e. The molecule has 20 heavy (non-hydrogen) atoms. The van der Waals surface area contributed by atoms with Crippen LogP contribution in [0.1, 0.15) is 58.6 Å². The van der Waals surface area contributed by atoms with Crippen molar-refractivity contribution in [3.8, 4) is 0 Å². The van der Waals surface area contributed by atoms with E-state index in [1.807, 2.05) is 38.7 Å². The molecule has 1 aromatic carbocycles. The van der Waals surface area contributed by atoms with E-state index in [1.54, 1.807) is 6.08 Å². The monoisotopic (exact) mass is 273 g/mol. The maximum absolute atomic E-state index is 12.2. The molecule has 0 aliphatic carbocycles. The van der Waals surface area contributed by atoms with Crippen LogP contribution < -0.4 is 0 Å². The van der Waals surface area contributed by atoms with E-state index in [1.165, 1.54) is 5.56 Å². The van der Waals surface area contributed by atoms with Gasteiger partial charge in [-0.2, -0.15) is 0 Å². The van der Waals surface area contributed by atoms with E-state index in [4.69, 9.17) is 0 Å². The van der Waals surface area contributed by atoms with Crippen LogP contribution in [-0.4, -0.2) is 22.9 Å². The van der Waals surface area contributed by atoms with E-state index in [9.17, 15) is 4.79 Å². The highest BCUT2D eigenvalue weighted by Crippen LogP contribution is 2.15. The van der Waals surface area contributed by atoms with Gasteiger partial charge in [0.15, 0.2) is 0 Å². The molecule has 0 bridgehead atoms. The summed E-state index contributed by atoms with van der Waals surface area (Å²) in [6.07, 6.45) is 3.56. The van der Waals surface area contributed by atoms with E-state index >= 15 is 0 Å². The Balaban J connectivity index is 2.78. The molecule has 0 aromatic heterocycles. The predicted molar refractivity (Wildman–Crippen MR) is 86.7 cm³/mol. The summed E-state index contributed by atoms with van der Waals surface area (Å²) >= 11 is 0. The van der Waals surface area contributed by atoms with Gasteiger partial charge in [0.1, 0.15) is 0 Å². The average Bonchev–Trinajstić information content (AvgIpc) is 2.36. The van der Waals surface area contributed by atoms with Crippen molar-refractivity contribution in [2.24, 2.45) is 0 Å². The quantitative estimate of drug-likeness (QED) is 0.725. The molecular formula is C18H27NO. The molecule has 0 fully saturated rings. The second kappa shape index (κ2) is 7.28. The van der Waals surface area contributed by atoms with E-state index < -0.39 is 0 Å². The van der Waals surface area contributed by atoms with Gasteiger partial charge in [0.2, 0.25) is 5.91 Å². The Labute approximate surface area is 123 Å². The number of carbonyl (C=O) groups excluding carboxylic acids is 1. The molecule has 0 heterocycles. The number of hydrogen-bond donors (Lipinski definition) is 0. The lowest BCUT2D eigenvalue weighted by atomic mass is 10.0. The first-order valence-electron chi connectivity index (χ1n) is 7.43. The standard InChI is InChI=1S/C18H27NO/c1-13(2)17-10-7-16(8-11-17)9-12-18(20)19(14(3)4)15(5)6/h7-15H,1-6H3. The van der Waals surface area contributed by atoms with Gasteiger partial charge in [-0.25, -0.2) is 0 Å². The lowest BCUT2D eigenvalue weighted by molar-refractivity contribution is -0.129. The Morgan fingerprint density at radius 2 is 1.45 bits per heavy atom. The van der Waals surface area contributed by atoms with E-state index in [-0.39, 0.29) is 18.0 Å². The van der Waals surface area contributed by atoms with Gasteiger partial charge in [-0.3, -0.25) is 4.79 Å². The number of rotatable bonds is 5. The second-order valence-corrected chi connectivity index (χ2v) is 6.09. The maximum atomic E-state index is 12.2. The predicted octanol–water partition coefficient (Wildman–Crippen LogP) is 4.47. The largest absolute Gasteiger partial charge is 0.334 e. The zero-order chi connectivity index (χ0) is 15.3. The molecule has 0 aliphatic rings. The minimum Gasteiger partial charge on any atom is -0.334 e. The van der Waals surface area contributed by atoms with Crippen LogP contribution in [0, 0.1) is 0 Å². The summed E-state index contributed by atoms with van der Waals surface area (Å²) in [6.45, 7) is 12.5. The highest BCUT2D eigenvalue weighted by Gasteiger charge is 2.17. The number of benzene rings is 1. The van der Waals surface area contributed by atoms with Crippen molar-refractivity contribution in [3.05, 3.63) is 41.5 Å². The smallest absolute Gasteiger partial charge is 0.247 e. The van der Waals surface area contributed by atoms with Gasteiger partial charge in [-0.1, -0.05) is 38.1 Å². The molecule has 2 nitrogen and oxygen atoms in total. The summed E-state index contributed by atoms with van der Waals surface area (Å²) in [5.41, 5.74) is 2.38. The van der Waals surface area contributed by atoms with Crippen LogP contribution in [-0.2, 0) is 4.79 Å². The fraction of sp³-hybridized carbons (Fsp3) is 0.500. The Kier molecular flexibility index (Phi) is 6.00. The van der Waals surface area contributed by atoms with Crippen molar-refractivity contribution < 1.29 is 4.79 Å². The molecule has 0 aliphatic heterocycles. The van der Waals surface area contributed by atoms with Crippen LogP contribution in [0.5, 0.6) is 0 Å². The van der Waals surface area contributed by atoms with Crippen molar-refractivity contribution in [1.29, 1.82) is 0 Å². The van der Waals surface area contributed by atoms with Crippen LogP contribution in [0.3, 0.4) is 0 Å². The van der Waals surface area contributed by atoms with Crippen LogP contribution in [0.25, 0.3) is 6.08 Å². The van der Waals surface area contributed by atoms with E-state index in [0.717, 1.165) is 5.56 Å². The molecule has 0 saturated heterocycles. The van der Waals surface area contributed by atoms with Gasteiger partial charge in [0.05, 0.1) is 0 Å². The van der Waals surface area contributed by atoms with Crippen LogP contribution in [0.2, 0.25) is 0 Å². The number of nitrogens with zero attached hydrogens (tertiary/aromatic N) is 1. The third-order valence-electron chi connectivity index (χ3n) is 3.39. The summed E-state index contributed by atoms with van der Waals surface area (Å²) in [5, 5.41) is 0. The third-order valence-corrected chi connectivity index (χ3v) is 3.39. The Hall–Kier alpha value is -1.57. The van der Waals surface area contributed by atoms with Gasteiger partial charge < -0.3 is 4.90 Å². The lowest BCUT2D eigenvalue weighted by Gasteiger charge is -2.29. The zero-order valence-electron chi connectivity index (χ0n) is 13.6. The third kappa shape index (κ3) is 4.52. The van der Waals surface area contributed by atoms with Gasteiger partial charge in [0, 0.05) is 18.2 Å². The fourth-order valence-corrected chi connectivity index (χ4v) is 2.35. The topological polar surface area (TPSA) is 20.3 Å². The molecule has 0 unspecified atom stereocenters. The molecule has 0 spiro atoms. The van der Waals surface area contributed by atoms with Crippen molar-refractivity contribution in [3.63, 3.8) is 0 Å². The normalized spacial score (nSPS) is 11.8. The van der Waals surface area contributed by atoms with Crippen molar-refractivity contribution in [2.45, 2.75) is 59.5 Å². The minimum absolute atomic E-state index is 0.0722. The van der Waals surface area contributed by atoms with Crippen molar-refractivity contribution >= 4 is 12.0 Å². The van der Waals surface area contributed by atoms with Crippen LogP contribution in [0.15, 0.2) is 30.3 Å². The number of hydrogen-bond acceptors (Lipinski definition) is 1. The summed E-state index contributed by atoms with van der Waals surface area (Å²) < 4.78 is 0. The molecule has 110 valence electrons. The molecule has 0 N–H and O–H groups in total. The second-order valence-electron chi connectivity index (χ2n) is 6.09. The molecule has 1 amide bonds. The Morgan fingerprint density at radius 3 is 1.85 bits per heavy atom. The highest BCUT2D eigenvalue weighted by molar-refractivity contribution is 5.92. The number of amides is 1. The SMILES string of the molecule is CC(C)c1ccc(C=CC(=O)N(C(C)C)C(C)C)cc1. The summed E-state index contributed by atoms with van der Waals surface area (Å²) in [6, 6.07) is 8.81. The Morgan fingerprint density at radius 1 is 0.950 bits per heavy atom. The molecular weight excluding hydrogens is 246 g/mol. The average molecular weight is 273 g/mol. The first-order chi connectivity index (χ1) is 9.32. The van der Waals surface area contributed by atoms with E-state index in [0.29, 0.717) is 5.92 Å². The molecule has 0 atom stereocenters. The first kappa shape index (κ1) is 16.5. The Bertz CT molecular complexity index is 447. The zero-order valence-corrected chi connectivity index (χ0v) is 13.6. The van der Waals surface area contributed by atoms with Gasteiger partial charge >= 0.3 is 0 Å². The molecule has 1 rings (SSSR count). The molecule has 0 radical (unpaired) electrons. The molecule has 1 aromatic rings. The lowest BCUT2D eigenvalue weighted by Crippen LogP contribution is -2.41. The first-order valence-corrected chi connectivity index (χ1v) is 7.43. The molecule has 0 saturated carbocycles. The van der Waals surface area contributed by atoms with Crippen LogP contribution in [0.4, 0.5) is 0 Å². The van der Waals surface area contributed by atoms with Gasteiger partial charge in [-0.05, 0) is 50.8 Å². The van der Waals surface area contributed by atoms with Gasteiger partial charge in [-0.15, -0.1) is 0 Å².